The van der Waals surface area contributed by atoms with E-state index in [1.54, 1.807) is 0 Å². The quantitative estimate of drug-likeness (QED) is 0.0195. The van der Waals surface area contributed by atoms with E-state index < -0.39 is 26.5 Å². The van der Waals surface area contributed by atoms with Gasteiger partial charge < -0.3 is 27.9 Å². The zero-order valence-electron chi connectivity index (χ0n) is 59.7. The second kappa shape index (κ2) is 69.8. The number of nitrogens with zero attached hydrogens (tertiary/aromatic N) is 1. The Balaban J connectivity index is 3.91. The average Bonchev–Trinajstić information content (AvgIpc) is 3.68. The van der Waals surface area contributed by atoms with Gasteiger partial charge in [0.15, 0.2) is 6.10 Å². The highest BCUT2D eigenvalue weighted by molar-refractivity contribution is 7.45. The van der Waals surface area contributed by atoms with Crippen LogP contribution in [-0.2, 0) is 32.7 Å². The molecule has 2 unspecified atom stereocenters. The predicted molar refractivity (Wildman–Crippen MR) is 379 cm³/mol. The fourth-order valence-corrected chi connectivity index (χ4v) is 12.7. The van der Waals surface area contributed by atoms with Crippen molar-refractivity contribution < 1.29 is 42.1 Å². The van der Waals surface area contributed by atoms with Gasteiger partial charge in [0.25, 0.3) is 7.82 Å². The topological polar surface area (TPSA) is 111 Å². The monoisotopic (exact) mass is 1260 g/mol. The van der Waals surface area contributed by atoms with Crippen LogP contribution < -0.4 is 4.89 Å². The largest absolute Gasteiger partial charge is 0.756 e. The number of ether oxygens (including phenoxy) is 2. The second-order valence-electron chi connectivity index (χ2n) is 28.1. The van der Waals surface area contributed by atoms with Crippen molar-refractivity contribution in [2.24, 2.45) is 0 Å². The van der Waals surface area contributed by atoms with E-state index in [1.165, 1.54) is 347 Å². The van der Waals surface area contributed by atoms with Gasteiger partial charge in [0.1, 0.15) is 19.8 Å². The molecule has 0 aliphatic heterocycles. The number of unbranched alkanes of at least 4 members (excludes halogenated alkanes) is 56. The first-order valence-electron chi connectivity index (χ1n) is 39.0. The molecule has 0 radical (unpaired) electrons. The molecule has 0 heterocycles. The van der Waals surface area contributed by atoms with Gasteiger partial charge in [-0.05, 0) is 64.2 Å². The SMILES string of the molecule is CCCCCCCCCC/C=C\CCCCCCCCCCCCCCCCCCCCCCCCCCCC(=O)OC(COC(=O)CCCCCCCCCCCCCCCCC/C=C\CCCCCCCCCC)COP(=O)([O-])OCC[N+](C)(C)C. The summed E-state index contributed by atoms with van der Waals surface area (Å²) in [5.74, 6) is -0.807. The first kappa shape index (κ1) is 86.5. The van der Waals surface area contributed by atoms with Crippen LogP contribution in [0.4, 0.5) is 0 Å². The smallest absolute Gasteiger partial charge is 0.306 e. The molecular weight excluding hydrogens is 1110 g/mol. The van der Waals surface area contributed by atoms with Gasteiger partial charge in [0.05, 0.1) is 27.7 Å². The minimum Gasteiger partial charge on any atom is -0.756 e. The highest BCUT2D eigenvalue weighted by atomic mass is 31.2. The van der Waals surface area contributed by atoms with E-state index in [-0.39, 0.29) is 32.0 Å². The number of allylic oxidation sites excluding steroid dienone is 4. The number of rotatable bonds is 74. The van der Waals surface area contributed by atoms with Gasteiger partial charge in [-0.2, -0.15) is 0 Å². The molecule has 0 spiro atoms. The van der Waals surface area contributed by atoms with Gasteiger partial charge in [0.2, 0.25) is 0 Å². The molecule has 0 aliphatic carbocycles. The fraction of sp³-hybridized carbons (Fsp3) is 0.923. The van der Waals surface area contributed by atoms with Gasteiger partial charge in [-0.15, -0.1) is 0 Å². The average molecular weight is 1260 g/mol. The molecule has 522 valence electrons. The molecule has 9 nitrogen and oxygen atoms in total. The van der Waals surface area contributed by atoms with Crippen LogP contribution in [0, 0.1) is 0 Å². The van der Waals surface area contributed by atoms with Crippen molar-refractivity contribution in [1.29, 1.82) is 0 Å². The summed E-state index contributed by atoms with van der Waals surface area (Å²) < 4.78 is 34.4. The van der Waals surface area contributed by atoms with E-state index in [1.807, 2.05) is 21.1 Å². The summed E-state index contributed by atoms with van der Waals surface area (Å²) in [5.41, 5.74) is 0. The lowest BCUT2D eigenvalue weighted by atomic mass is 10.0. The summed E-state index contributed by atoms with van der Waals surface area (Å²) in [6.45, 7) is 4.32. The summed E-state index contributed by atoms with van der Waals surface area (Å²) in [4.78, 5) is 38.1. The molecule has 0 fully saturated rings. The third kappa shape index (κ3) is 73.5. The molecule has 10 heteroatoms. The maximum Gasteiger partial charge on any atom is 0.306 e. The van der Waals surface area contributed by atoms with Gasteiger partial charge in [-0.25, -0.2) is 0 Å². The number of esters is 2. The Morgan fingerprint density at radius 1 is 0.341 bits per heavy atom. The van der Waals surface area contributed by atoms with E-state index in [4.69, 9.17) is 18.5 Å². The Hall–Kier alpha value is -1.51. The zero-order valence-corrected chi connectivity index (χ0v) is 60.6. The summed E-state index contributed by atoms with van der Waals surface area (Å²) in [7, 11) is 1.19. The van der Waals surface area contributed by atoms with Crippen molar-refractivity contribution in [3.63, 3.8) is 0 Å². The molecule has 0 aromatic heterocycles. The van der Waals surface area contributed by atoms with Crippen molar-refractivity contribution in [2.75, 3.05) is 47.5 Å². The standard InChI is InChI=1S/C78H152NO8P/c1-6-8-10-12-14-16-18-20-22-24-26-28-30-32-34-35-36-37-38-39-40-41-42-43-45-47-49-51-53-55-57-59-61-63-65-67-69-71-78(81)87-76(75-86-88(82,83)85-73-72-79(3,4)5)74-84-77(80)70-68-66-64-62-60-58-56-54-52-50-48-46-44-33-31-29-27-25-23-21-19-17-15-13-11-9-7-2/h24-27,76H,6-23,28-75H2,1-5H3/b26-24-,27-25-. The molecular formula is C78H152NO8P. The highest BCUT2D eigenvalue weighted by Crippen LogP contribution is 2.38. The second-order valence-corrected chi connectivity index (χ2v) is 29.5. The van der Waals surface area contributed by atoms with E-state index in [0.29, 0.717) is 17.4 Å². The molecule has 0 aliphatic rings. The van der Waals surface area contributed by atoms with E-state index >= 15 is 0 Å². The van der Waals surface area contributed by atoms with Crippen LogP contribution in [0.2, 0.25) is 0 Å². The molecule has 2 atom stereocenters. The molecule has 0 rings (SSSR count). The first-order chi connectivity index (χ1) is 43.0. The number of hydrogen-bond donors (Lipinski definition) is 0. The molecule has 0 bridgehead atoms. The van der Waals surface area contributed by atoms with Crippen molar-refractivity contribution in [2.45, 2.75) is 418 Å². The number of hydrogen-bond acceptors (Lipinski definition) is 8. The van der Waals surface area contributed by atoms with E-state index in [2.05, 4.69) is 38.2 Å². The molecule has 0 saturated heterocycles. The zero-order chi connectivity index (χ0) is 64.1. The molecule has 0 aromatic rings. The highest BCUT2D eigenvalue weighted by Gasteiger charge is 2.22. The third-order valence-electron chi connectivity index (χ3n) is 17.9. The molecule has 0 aromatic carbocycles. The van der Waals surface area contributed by atoms with E-state index in [0.717, 1.165) is 32.1 Å². The fourth-order valence-electron chi connectivity index (χ4n) is 11.9. The van der Waals surface area contributed by atoms with E-state index in [9.17, 15) is 19.0 Å². The molecule has 0 N–H and O–H groups in total. The summed E-state index contributed by atoms with van der Waals surface area (Å²) >= 11 is 0. The summed E-state index contributed by atoms with van der Waals surface area (Å²) in [6, 6.07) is 0. The number of phosphoric acid groups is 1. The lowest BCUT2D eigenvalue weighted by molar-refractivity contribution is -0.870. The van der Waals surface area contributed by atoms with Crippen LogP contribution >= 0.6 is 7.82 Å². The first-order valence-corrected chi connectivity index (χ1v) is 40.5. The summed E-state index contributed by atoms with van der Waals surface area (Å²) in [6.07, 6.45) is 88.7. The molecule has 0 amide bonds. The Bertz CT molecular complexity index is 1530. The van der Waals surface area contributed by atoms with Crippen LogP contribution in [-0.4, -0.2) is 70.0 Å². The lowest BCUT2D eigenvalue weighted by Gasteiger charge is -2.28. The van der Waals surface area contributed by atoms with Crippen LogP contribution in [0.25, 0.3) is 0 Å². The third-order valence-corrected chi connectivity index (χ3v) is 18.9. The molecule has 88 heavy (non-hydrogen) atoms. The van der Waals surface area contributed by atoms with Crippen LogP contribution in [0.1, 0.15) is 412 Å². The Labute approximate surface area is 549 Å². The Morgan fingerprint density at radius 2 is 0.580 bits per heavy atom. The van der Waals surface area contributed by atoms with Crippen LogP contribution in [0.5, 0.6) is 0 Å². The number of likely N-dealkylation sites (N-methyl/N-ethyl adjacent to an activating group) is 1. The lowest BCUT2D eigenvalue weighted by Crippen LogP contribution is -2.37. The molecule has 0 saturated carbocycles. The number of quaternary nitrogens is 1. The van der Waals surface area contributed by atoms with Crippen LogP contribution in [0.15, 0.2) is 24.3 Å². The van der Waals surface area contributed by atoms with Gasteiger partial charge >= 0.3 is 11.9 Å². The van der Waals surface area contributed by atoms with Crippen molar-refractivity contribution in [3.8, 4) is 0 Å². The summed E-state index contributed by atoms with van der Waals surface area (Å²) in [5, 5.41) is 0. The minimum absolute atomic E-state index is 0.0267. The van der Waals surface area contributed by atoms with Crippen LogP contribution in [0.3, 0.4) is 0 Å². The Kier molecular flexibility index (Phi) is 68.6. The maximum atomic E-state index is 12.9. The van der Waals surface area contributed by atoms with Crippen molar-refractivity contribution in [3.05, 3.63) is 24.3 Å². The van der Waals surface area contributed by atoms with Crippen molar-refractivity contribution in [1.82, 2.24) is 0 Å². The predicted octanol–water partition coefficient (Wildman–Crippen LogP) is 25.0. The van der Waals surface area contributed by atoms with Crippen molar-refractivity contribution >= 4 is 19.8 Å². The van der Waals surface area contributed by atoms with Gasteiger partial charge in [-0.1, -0.05) is 359 Å². The Morgan fingerprint density at radius 3 is 0.841 bits per heavy atom. The van der Waals surface area contributed by atoms with Gasteiger partial charge in [0, 0.05) is 12.8 Å². The minimum atomic E-state index is -4.64. The maximum absolute atomic E-state index is 12.9. The normalized spacial score (nSPS) is 13.1. The number of phosphoric ester groups is 1. The number of carbonyl (C=O) groups is 2. The van der Waals surface area contributed by atoms with Gasteiger partial charge in [-0.3, -0.25) is 14.2 Å². The number of carbonyl (C=O) groups excluding carboxylic acids is 2.